The number of nitrogens with zero attached hydrogens (tertiary/aromatic N) is 1. The molecule has 1 N–H and O–H groups in total. The Morgan fingerprint density at radius 3 is 2.40 bits per heavy atom. The topological polar surface area (TPSA) is 49.4 Å². The molecule has 0 fully saturated rings. The third-order valence-corrected chi connectivity index (χ3v) is 4.54. The molecule has 0 heterocycles. The molecular weight excluding hydrogens is 359 g/mol. The van der Waals surface area contributed by atoms with Crippen molar-refractivity contribution in [2.45, 2.75) is 26.8 Å². The van der Waals surface area contributed by atoms with Crippen molar-refractivity contribution < 1.29 is 9.59 Å². The maximum Gasteiger partial charge on any atom is 0.223 e. The van der Waals surface area contributed by atoms with Crippen molar-refractivity contribution in [2.24, 2.45) is 0 Å². The van der Waals surface area contributed by atoms with Crippen molar-refractivity contribution >= 4 is 40.7 Å². The molecule has 0 saturated heterocycles. The standard InChI is InChI=1S/C19H20Cl2N2O2/c1-13-17(21)4-3-5-18(13)23(14(2)24)11-10-19(25)22-12-15-6-8-16(20)9-7-15/h3-9H,10-12H2,1-2H3,(H,22,25). The maximum absolute atomic E-state index is 12.1. The van der Waals surface area contributed by atoms with Gasteiger partial charge in [-0.25, -0.2) is 0 Å². The van der Waals surface area contributed by atoms with E-state index >= 15 is 0 Å². The summed E-state index contributed by atoms with van der Waals surface area (Å²) in [5.74, 6) is -0.253. The Labute approximate surface area is 157 Å². The Hall–Kier alpha value is -2.04. The van der Waals surface area contributed by atoms with Crippen molar-refractivity contribution in [3.63, 3.8) is 0 Å². The van der Waals surface area contributed by atoms with Gasteiger partial charge in [0.15, 0.2) is 0 Å². The average molecular weight is 379 g/mol. The van der Waals surface area contributed by atoms with Gasteiger partial charge in [0.2, 0.25) is 11.8 Å². The number of halogens is 2. The fraction of sp³-hybridized carbons (Fsp3) is 0.263. The van der Waals surface area contributed by atoms with E-state index in [1.807, 2.05) is 25.1 Å². The predicted molar refractivity (Wildman–Crippen MR) is 102 cm³/mol. The van der Waals surface area contributed by atoms with Gasteiger partial charge in [0.1, 0.15) is 0 Å². The van der Waals surface area contributed by atoms with Crippen LogP contribution in [0.4, 0.5) is 5.69 Å². The molecule has 2 aromatic rings. The summed E-state index contributed by atoms with van der Waals surface area (Å²) in [6.07, 6.45) is 0.207. The monoisotopic (exact) mass is 378 g/mol. The maximum atomic E-state index is 12.1. The van der Waals surface area contributed by atoms with E-state index < -0.39 is 0 Å². The van der Waals surface area contributed by atoms with Crippen molar-refractivity contribution in [2.75, 3.05) is 11.4 Å². The summed E-state index contributed by atoms with van der Waals surface area (Å²) < 4.78 is 0. The number of hydrogen-bond acceptors (Lipinski definition) is 2. The first kappa shape index (κ1) is 19.3. The third-order valence-electron chi connectivity index (χ3n) is 3.88. The lowest BCUT2D eigenvalue weighted by Gasteiger charge is -2.23. The van der Waals surface area contributed by atoms with Gasteiger partial charge >= 0.3 is 0 Å². The van der Waals surface area contributed by atoms with Gasteiger partial charge in [-0.3, -0.25) is 9.59 Å². The van der Waals surface area contributed by atoms with Crippen LogP contribution < -0.4 is 10.2 Å². The van der Waals surface area contributed by atoms with E-state index in [2.05, 4.69) is 5.32 Å². The van der Waals surface area contributed by atoms with Crippen molar-refractivity contribution in [3.05, 3.63) is 63.6 Å². The van der Waals surface area contributed by atoms with Crippen LogP contribution in [0.1, 0.15) is 24.5 Å². The van der Waals surface area contributed by atoms with Crippen LogP contribution in [-0.2, 0) is 16.1 Å². The van der Waals surface area contributed by atoms with Crippen LogP contribution in [0.3, 0.4) is 0 Å². The molecule has 0 unspecified atom stereocenters. The van der Waals surface area contributed by atoms with Gasteiger partial charge in [0.25, 0.3) is 0 Å². The number of amides is 2. The number of carbonyl (C=O) groups excluding carboxylic acids is 2. The Bertz CT molecular complexity index is 761. The third kappa shape index (κ3) is 5.48. The fourth-order valence-corrected chi connectivity index (χ4v) is 2.74. The first-order valence-electron chi connectivity index (χ1n) is 7.93. The molecule has 0 aromatic heterocycles. The molecule has 0 atom stereocenters. The number of carbonyl (C=O) groups is 2. The summed E-state index contributed by atoms with van der Waals surface area (Å²) in [6.45, 7) is 4.05. The second kappa shape index (κ2) is 8.88. The zero-order chi connectivity index (χ0) is 18.4. The Kier molecular flexibility index (Phi) is 6.85. The Balaban J connectivity index is 1.94. The van der Waals surface area contributed by atoms with Gasteiger partial charge in [-0.1, -0.05) is 41.4 Å². The molecule has 132 valence electrons. The SMILES string of the molecule is CC(=O)N(CCC(=O)NCc1ccc(Cl)cc1)c1cccc(Cl)c1C. The highest BCUT2D eigenvalue weighted by molar-refractivity contribution is 6.31. The molecule has 0 saturated carbocycles. The summed E-state index contributed by atoms with van der Waals surface area (Å²) >= 11 is 12.0. The summed E-state index contributed by atoms with van der Waals surface area (Å²) in [5.41, 5.74) is 2.51. The van der Waals surface area contributed by atoms with Crippen molar-refractivity contribution in [3.8, 4) is 0 Å². The lowest BCUT2D eigenvalue weighted by molar-refractivity contribution is -0.121. The highest BCUT2D eigenvalue weighted by atomic mass is 35.5. The quantitative estimate of drug-likeness (QED) is 0.811. The van der Waals surface area contributed by atoms with Crippen molar-refractivity contribution in [1.29, 1.82) is 0 Å². The number of hydrogen-bond donors (Lipinski definition) is 1. The summed E-state index contributed by atoms with van der Waals surface area (Å²) in [6, 6.07) is 12.7. The van der Waals surface area contributed by atoms with Crippen LogP contribution in [0.2, 0.25) is 10.0 Å². The summed E-state index contributed by atoms with van der Waals surface area (Å²) in [4.78, 5) is 25.6. The van der Waals surface area contributed by atoms with E-state index in [0.717, 1.165) is 16.8 Å². The zero-order valence-electron chi connectivity index (χ0n) is 14.2. The first-order chi connectivity index (χ1) is 11.9. The predicted octanol–water partition coefficient (Wildman–Crippen LogP) is 4.36. The van der Waals surface area contributed by atoms with Gasteiger partial charge < -0.3 is 10.2 Å². The second-order valence-corrected chi connectivity index (χ2v) is 6.55. The first-order valence-corrected chi connectivity index (χ1v) is 8.68. The lowest BCUT2D eigenvalue weighted by Crippen LogP contribution is -2.34. The zero-order valence-corrected chi connectivity index (χ0v) is 15.7. The number of nitrogens with one attached hydrogen (secondary N) is 1. The van der Waals surface area contributed by atoms with E-state index in [9.17, 15) is 9.59 Å². The Morgan fingerprint density at radius 2 is 1.76 bits per heavy atom. The van der Waals surface area contributed by atoms with E-state index in [1.54, 1.807) is 29.2 Å². The van der Waals surface area contributed by atoms with Crippen LogP contribution in [0.15, 0.2) is 42.5 Å². The molecule has 0 spiro atoms. The lowest BCUT2D eigenvalue weighted by atomic mass is 10.1. The highest BCUT2D eigenvalue weighted by Crippen LogP contribution is 2.26. The molecular formula is C19H20Cl2N2O2. The average Bonchev–Trinajstić information content (AvgIpc) is 2.58. The smallest absolute Gasteiger partial charge is 0.223 e. The minimum Gasteiger partial charge on any atom is -0.352 e. The van der Waals surface area contributed by atoms with Gasteiger partial charge in [-0.2, -0.15) is 0 Å². The van der Waals surface area contributed by atoms with E-state index in [1.165, 1.54) is 6.92 Å². The van der Waals surface area contributed by atoms with Gasteiger partial charge in [-0.05, 0) is 42.3 Å². The number of rotatable bonds is 6. The van der Waals surface area contributed by atoms with E-state index in [0.29, 0.717) is 23.1 Å². The molecule has 0 aliphatic heterocycles. The van der Waals surface area contributed by atoms with E-state index in [4.69, 9.17) is 23.2 Å². The molecule has 25 heavy (non-hydrogen) atoms. The summed E-state index contributed by atoms with van der Waals surface area (Å²) in [5, 5.41) is 4.09. The van der Waals surface area contributed by atoms with Crippen LogP contribution in [0.5, 0.6) is 0 Å². The molecule has 0 radical (unpaired) electrons. The highest BCUT2D eigenvalue weighted by Gasteiger charge is 2.16. The van der Waals surface area contributed by atoms with E-state index in [-0.39, 0.29) is 18.2 Å². The van der Waals surface area contributed by atoms with Gasteiger partial charge in [0, 0.05) is 42.2 Å². The van der Waals surface area contributed by atoms with Crippen LogP contribution >= 0.6 is 23.2 Å². The van der Waals surface area contributed by atoms with Crippen LogP contribution in [0, 0.1) is 6.92 Å². The minimum absolute atomic E-state index is 0.124. The number of anilines is 1. The molecule has 2 rings (SSSR count). The summed E-state index contributed by atoms with van der Waals surface area (Å²) in [7, 11) is 0. The molecule has 0 bridgehead atoms. The second-order valence-electron chi connectivity index (χ2n) is 5.71. The molecule has 6 heteroatoms. The van der Waals surface area contributed by atoms with Crippen LogP contribution in [0.25, 0.3) is 0 Å². The minimum atomic E-state index is -0.129. The molecule has 2 amide bonds. The number of benzene rings is 2. The normalized spacial score (nSPS) is 10.4. The van der Waals surface area contributed by atoms with Gasteiger partial charge in [0.05, 0.1) is 0 Å². The molecule has 0 aliphatic carbocycles. The van der Waals surface area contributed by atoms with Crippen molar-refractivity contribution in [1.82, 2.24) is 5.32 Å². The molecule has 0 aliphatic rings. The van der Waals surface area contributed by atoms with Crippen LogP contribution in [-0.4, -0.2) is 18.4 Å². The molecule has 2 aromatic carbocycles. The Morgan fingerprint density at radius 1 is 1.08 bits per heavy atom. The largest absolute Gasteiger partial charge is 0.352 e. The molecule has 4 nitrogen and oxygen atoms in total. The van der Waals surface area contributed by atoms with Gasteiger partial charge in [-0.15, -0.1) is 0 Å². The fourth-order valence-electron chi connectivity index (χ4n) is 2.44.